The molecule has 1 saturated heterocycles. The molecule has 0 amide bonds. The van der Waals surface area contributed by atoms with Gasteiger partial charge in [0, 0.05) is 31.5 Å². The molecular weight excluding hydrogens is 290 g/mol. The summed E-state index contributed by atoms with van der Waals surface area (Å²) in [7, 11) is 2.87. The van der Waals surface area contributed by atoms with E-state index in [4.69, 9.17) is 23.2 Å². The molecule has 1 unspecified atom stereocenters. The molecule has 0 aromatic heterocycles. The Morgan fingerprint density at radius 3 is 2.96 bits per heavy atom. The molecule has 0 spiro atoms. The first-order chi connectivity index (χ1) is 14.8. The fourth-order valence-corrected chi connectivity index (χ4v) is 3.16. The third-order valence-electron chi connectivity index (χ3n) is 4.23. The van der Waals surface area contributed by atoms with Gasteiger partial charge in [0.1, 0.15) is 0 Å². The van der Waals surface area contributed by atoms with Crippen molar-refractivity contribution in [2.45, 2.75) is 45.1 Å². The molecule has 1 aromatic carbocycles. The Morgan fingerprint density at radius 2 is 2.26 bits per heavy atom. The molecule has 0 saturated carbocycles. The quantitative estimate of drug-likeness (QED) is 0.922. The fourth-order valence-electron chi connectivity index (χ4n) is 3.16. The highest BCUT2D eigenvalue weighted by Crippen LogP contribution is 2.43. The monoisotopic (exact) mass is 329 g/mol. The summed E-state index contributed by atoms with van der Waals surface area (Å²) in [5.41, 5.74) is 1.10. The van der Waals surface area contributed by atoms with Crippen molar-refractivity contribution in [3.63, 3.8) is 0 Å². The molecule has 23 heavy (non-hydrogen) atoms. The summed E-state index contributed by atoms with van der Waals surface area (Å²) in [6.45, 7) is -2.89. The number of fused-ring (bicyclic) bond motifs is 3. The zero-order valence-corrected chi connectivity index (χ0v) is 13.6. The lowest BCUT2D eigenvalue weighted by molar-refractivity contribution is -0.0191. The molecule has 0 radical (unpaired) electrons. The molecule has 4 nitrogen and oxygen atoms in total. The van der Waals surface area contributed by atoms with E-state index in [9.17, 15) is 5.11 Å². The summed E-state index contributed by atoms with van der Waals surface area (Å²) in [6, 6.07) is 1.99. The summed E-state index contributed by atoms with van der Waals surface area (Å²) < 4.78 is 93.7. The van der Waals surface area contributed by atoms with Gasteiger partial charge < -0.3 is 14.6 Å². The van der Waals surface area contributed by atoms with Crippen molar-refractivity contribution >= 4 is 0 Å². The first kappa shape index (κ1) is 8.21. The number of ether oxygens (including phenoxy) is 2. The normalized spacial score (nSPS) is 46.2. The van der Waals surface area contributed by atoms with Gasteiger partial charge in [0.25, 0.3) is 0 Å². The maximum absolute atomic E-state index is 11.2. The first-order valence-corrected chi connectivity index (χ1v) is 7.53. The van der Waals surface area contributed by atoms with Gasteiger partial charge in [-0.25, -0.2) is 0 Å². The van der Waals surface area contributed by atoms with Crippen LogP contribution in [0.25, 0.3) is 0 Å². The van der Waals surface area contributed by atoms with Crippen LogP contribution in [0, 0.1) is 11.8 Å². The molecule has 128 valence electrons. The molecule has 4 atom stereocenters. The van der Waals surface area contributed by atoms with Crippen LogP contribution in [0.5, 0.6) is 11.5 Å². The lowest BCUT2D eigenvalue weighted by Crippen LogP contribution is -2.48. The Bertz CT molecular complexity index is 933. The molecule has 0 bridgehead atoms. The van der Waals surface area contributed by atoms with Gasteiger partial charge in [-0.1, -0.05) is 13.8 Å². The molecule has 3 rings (SSSR count). The van der Waals surface area contributed by atoms with Crippen LogP contribution in [0.1, 0.15) is 57.4 Å². The van der Waals surface area contributed by atoms with Crippen molar-refractivity contribution < 1.29 is 28.3 Å². The maximum atomic E-state index is 11.2. The SMILES string of the molecule is [2H]C([2H])([2H])C([2H])(C)C([2H])([2H])[C@@]1([2H])CN2CCc3cc(OC)c(OC)cc3[C@@H]2C([2H])([2H])[C@@]1([2H])O. The van der Waals surface area contributed by atoms with E-state index in [0.717, 1.165) is 6.92 Å². The standard InChI is InChI=1S/C19H29NO3/c1-12(2)7-14-11-20-6-5-13-8-18(22-3)19(23-4)9-15(13)16(20)10-17(14)21/h8-9,12,14,16-17,21H,5-7,10-11H2,1-4H3/t14-,16-,17+/m0/s1/i1D3,7D2,10D2,12D,14D,17D/t12?,14-,16-,17+. The van der Waals surface area contributed by atoms with Crippen molar-refractivity contribution in [3.8, 4) is 11.5 Å². The van der Waals surface area contributed by atoms with E-state index in [0.29, 0.717) is 29.0 Å². The number of rotatable bonds is 4. The Kier molecular flexibility index (Phi) is 2.39. The minimum atomic E-state index is -3.40. The van der Waals surface area contributed by atoms with Crippen LogP contribution in [0.2, 0.25) is 0 Å². The van der Waals surface area contributed by atoms with Crippen LogP contribution in [0.4, 0.5) is 0 Å². The highest BCUT2D eigenvalue weighted by Gasteiger charge is 2.38. The molecule has 2 aliphatic rings. The Balaban J connectivity index is 2.20. The first-order valence-electron chi connectivity index (χ1n) is 12.5. The Labute approximate surface area is 153 Å². The van der Waals surface area contributed by atoms with Crippen molar-refractivity contribution in [1.82, 2.24) is 4.90 Å². The number of aliphatic hydroxyl groups is 1. The third kappa shape index (κ3) is 3.20. The summed E-state index contributed by atoms with van der Waals surface area (Å²) in [5.74, 6) is -5.17. The number of piperidine rings is 1. The zero-order valence-electron chi connectivity index (χ0n) is 23.6. The summed E-state index contributed by atoms with van der Waals surface area (Å²) in [4.78, 5) is 1.44. The second kappa shape index (κ2) is 6.70. The second-order valence-corrected chi connectivity index (χ2v) is 5.75. The van der Waals surface area contributed by atoms with Crippen LogP contribution in [0.15, 0.2) is 12.1 Å². The molecule has 2 aliphatic heterocycles. The summed E-state index contributed by atoms with van der Waals surface area (Å²) >= 11 is 0. The van der Waals surface area contributed by atoms with E-state index < -0.39 is 50.1 Å². The van der Waals surface area contributed by atoms with Gasteiger partial charge in [0.05, 0.1) is 21.7 Å². The molecule has 1 fully saturated rings. The Morgan fingerprint density at radius 1 is 1.52 bits per heavy atom. The average molecular weight is 330 g/mol. The zero-order chi connectivity index (χ0) is 25.4. The van der Waals surface area contributed by atoms with Gasteiger partial charge in [-0.05, 0) is 54.2 Å². The molecule has 4 heteroatoms. The predicted octanol–water partition coefficient (Wildman–Crippen LogP) is 3.03. The molecular formula is C19H29NO3. The largest absolute Gasteiger partial charge is 0.493 e. The van der Waals surface area contributed by atoms with E-state index in [-0.39, 0.29) is 6.54 Å². The topological polar surface area (TPSA) is 41.9 Å². The van der Waals surface area contributed by atoms with Crippen LogP contribution in [0.3, 0.4) is 0 Å². The minimum absolute atomic E-state index is 0.169. The Hall–Kier alpha value is -1.26. The fraction of sp³-hybridized carbons (Fsp3) is 0.684. The molecule has 1 N–H and O–H groups in total. The number of hydrogen-bond donors (Lipinski definition) is 1. The lowest BCUT2D eigenvalue weighted by atomic mass is 9.79. The van der Waals surface area contributed by atoms with E-state index >= 15 is 0 Å². The van der Waals surface area contributed by atoms with Gasteiger partial charge in [-0.15, -0.1) is 0 Å². The van der Waals surface area contributed by atoms with Crippen molar-refractivity contribution in [1.29, 1.82) is 0 Å². The third-order valence-corrected chi connectivity index (χ3v) is 4.23. The molecule has 0 aliphatic carbocycles. The van der Waals surface area contributed by atoms with E-state index in [1.807, 2.05) is 0 Å². The van der Waals surface area contributed by atoms with Crippen molar-refractivity contribution in [3.05, 3.63) is 23.3 Å². The van der Waals surface area contributed by atoms with Crippen LogP contribution < -0.4 is 9.47 Å². The van der Waals surface area contributed by atoms with Crippen molar-refractivity contribution in [2.24, 2.45) is 11.8 Å². The van der Waals surface area contributed by atoms with Gasteiger partial charge in [-0.2, -0.15) is 0 Å². The summed E-state index contributed by atoms with van der Waals surface area (Å²) in [6.07, 6.45) is -9.23. The van der Waals surface area contributed by atoms with E-state index in [1.54, 1.807) is 12.1 Å². The van der Waals surface area contributed by atoms with Gasteiger partial charge >= 0.3 is 0 Å². The lowest BCUT2D eigenvalue weighted by Gasteiger charge is -2.46. The van der Waals surface area contributed by atoms with E-state index in [2.05, 4.69) is 0 Å². The summed E-state index contributed by atoms with van der Waals surface area (Å²) in [5, 5.41) is 11.2. The van der Waals surface area contributed by atoms with Gasteiger partial charge in [-0.3, -0.25) is 4.90 Å². The van der Waals surface area contributed by atoms with E-state index in [1.165, 1.54) is 19.1 Å². The second-order valence-electron chi connectivity index (χ2n) is 5.75. The minimum Gasteiger partial charge on any atom is -0.493 e. The van der Waals surface area contributed by atoms with Crippen LogP contribution in [-0.4, -0.2) is 43.4 Å². The number of hydrogen-bond acceptors (Lipinski definition) is 4. The van der Waals surface area contributed by atoms with Crippen LogP contribution in [-0.2, 0) is 6.42 Å². The number of nitrogens with zero attached hydrogens (tertiary/aromatic N) is 1. The van der Waals surface area contributed by atoms with Crippen LogP contribution >= 0.6 is 0 Å². The molecule has 2 heterocycles. The highest BCUT2D eigenvalue weighted by molar-refractivity contribution is 5.49. The predicted molar refractivity (Wildman–Crippen MR) is 91.1 cm³/mol. The number of benzene rings is 1. The number of methoxy groups -OCH3 is 2. The van der Waals surface area contributed by atoms with Gasteiger partial charge in [0.2, 0.25) is 0 Å². The average Bonchev–Trinajstić information content (AvgIpc) is 2.69. The van der Waals surface area contributed by atoms with Crippen molar-refractivity contribution in [2.75, 3.05) is 27.3 Å². The highest BCUT2D eigenvalue weighted by atomic mass is 16.5. The van der Waals surface area contributed by atoms with Gasteiger partial charge in [0.15, 0.2) is 11.5 Å². The molecule has 1 aromatic rings. The smallest absolute Gasteiger partial charge is 0.161 e. The maximum Gasteiger partial charge on any atom is 0.161 e.